The van der Waals surface area contributed by atoms with Crippen molar-refractivity contribution in [2.75, 3.05) is 18.0 Å². The van der Waals surface area contributed by atoms with E-state index in [1.807, 2.05) is 6.20 Å². The number of anilines is 1. The van der Waals surface area contributed by atoms with Crippen molar-refractivity contribution in [3.8, 4) is 0 Å². The van der Waals surface area contributed by atoms with Gasteiger partial charge in [-0.15, -0.1) is 0 Å². The lowest BCUT2D eigenvalue weighted by Crippen LogP contribution is -2.45. The Morgan fingerprint density at radius 3 is 2.22 bits per heavy atom. The van der Waals surface area contributed by atoms with Crippen molar-refractivity contribution >= 4 is 5.69 Å². The molecule has 3 nitrogen and oxygen atoms in total. The molecule has 0 N–H and O–H groups in total. The third-order valence-corrected chi connectivity index (χ3v) is 3.30. The number of pyridine rings is 1. The highest BCUT2D eigenvalue weighted by Crippen LogP contribution is 2.24. The summed E-state index contributed by atoms with van der Waals surface area (Å²) in [6, 6.07) is 4.32. The van der Waals surface area contributed by atoms with E-state index >= 15 is 0 Å². The molecule has 1 aliphatic heterocycles. The highest BCUT2D eigenvalue weighted by Gasteiger charge is 2.23. The topological polar surface area (TPSA) is 25.4 Å². The third-order valence-electron chi connectivity index (χ3n) is 3.30. The van der Waals surface area contributed by atoms with Crippen LogP contribution in [0, 0.1) is 0 Å². The summed E-state index contributed by atoms with van der Waals surface area (Å²) in [7, 11) is 0. The molecule has 0 aliphatic carbocycles. The standard InChI is InChI=1S/C15H24N2O/c1-11-9-17(10-12(2)18-11)13-6-7-14(16-8-13)15(3,4)5/h6-8,11-12H,9-10H2,1-5H3. The molecule has 0 spiro atoms. The summed E-state index contributed by atoms with van der Waals surface area (Å²) in [5.74, 6) is 0. The van der Waals surface area contributed by atoms with E-state index in [2.05, 4.69) is 56.6 Å². The second kappa shape index (κ2) is 4.88. The van der Waals surface area contributed by atoms with Crippen LogP contribution in [0.25, 0.3) is 0 Å². The summed E-state index contributed by atoms with van der Waals surface area (Å²) in [4.78, 5) is 6.95. The second-order valence-electron chi connectivity index (χ2n) is 6.31. The van der Waals surface area contributed by atoms with Gasteiger partial charge in [-0.05, 0) is 26.0 Å². The summed E-state index contributed by atoms with van der Waals surface area (Å²) in [6.45, 7) is 12.7. The Balaban J connectivity index is 2.14. The van der Waals surface area contributed by atoms with E-state index in [0.717, 1.165) is 18.8 Å². The first-order valence-electron chi connectivity index (χ1n) is 6.73. The lowest BCUT2D eigenvalue weighted by molar-refractivity contribution is -0.00523. The average molecular weight is 248 g/mol. The molecular formula is C15H24N2O. The Labute approximate surface area is 110 Å². The van der Waals surface area contributed by atoms with E-state index in [-0.39, 0.29) is 17.6 Å². The molecule has 2 atom stereocenters. The molecule has 1 aliphatic rings. The minimum Gasteiger partial charge on any atom is -0.372 e. The van der Waals surface area contributed by atoms with Crippen LogP contribution in [0.3, 0.4) is 0 Å². The quantitative estimate of drug-likeness (QED) is 0.764. The van der Waals surface area contributed by atoms with Crippen LogP contribution in [0.1, 0.15) is 40.3 Å². The van der Waals surface area contributed by atoms with E-state index in [1.54, 1.807) is 0 Å². The Hall–Kier alpha value is -1.09. The molecular weight excluding hydrogens is 224 g/mol. The molecule has 0 amide bonds. The van der Waals surface area contributed by atoms with Gasteiger partial charge in [-0.25, -0.2) is 0 Å². The number of hydrogen-bond donors (Lipinski definition) is 0. The summed E-state index contributed by atoms with van der Waals surface area (Å²) >= 11 is 0. The van der Waals surface area contributed by atoms with Crippen LogP contribution in [-0.4, -0.2) is 30.3 Å². The number of morpholine rings is 1. The van der Waals surface area contributed by atoms with E-state index < -0.39 is 0 Å². The zero-order valence-corrected chi connectivity index (χ0v) is 12.1. The van der Waals surface area contributed by atoms with Crippen LogP contribution in [0.4, 0.5) is 5.69 Å². The monoisotopic (exact) mass is 248 g/mol. The zero-order valence-electron chi connectivity index (χ0n) is 12.1. The third kappa shape index (κ3) is 3.02. The van der Waals surface area contributed by atoms with E-state index in [1.165, 1.54) is 5.69 Å². The van der Waals surface area contributed by atoms with Crippen LogP contribution in [0.2, 0.25) is 0 Å². The van der Waals surface area contributed by atoms with E-state index in [4.69, 9.17) is 4.74 Å². The summed E-state index contributed by atoms with van der Waals surface area (Å²) in [6.07, 6.45) is 2.57. The van der Waals surface area contributed by atoms with Gasteiger partial charge in [0.05, 0.1) is 24.1 Å². The molecule has 1 aromatic heterocycles. The first kappa shape index (κ1) is 13.3. The molecule has 0 saturated carbocycles. The SMILES string of the molecule is CC1CN(c2ccc(C(C)(C)C)nc2)CC(C)O1. The molecule has 1 aromatic rings. The first-order chi connectivity index (χ1) is 8.36. The van der Waals surface area contributed by atoms with Gasteiger partial charge < -0.3 is 9.64 Å². The predicted molar refractivity (Wildman–Crippen MR) is 75.2 cm³/mol. The van der Waals surface area contributed by atoms with Gasteiger partial charge in [-0.2, -0.15) is 0 Å². The number of aromatic nitrogens is 1. The molecule has 1 fully saturated rings. The molecule has 100 valence electrons. The van der Waals surface area contributed by atoms with Crippen LogP contribution < -0.4 is 4.90 Å². The van der Waals surface area contributed by atoms with Crippen molar-refractivity contribution in [1.82, 2.24) is 4.98 Å². The smallest absolute Gasteiger partial charge is 0.0726 e. The fourth-order valence-corrected chi connectivity index (χ4v) is 2.41. The normalized spacial score (nSPS) is 25.3. The predicted octanol–water partition coefficient (Wildman–Crippen LogP) is 2.99. The van der Waals surface area contributed by atoms with E-state index in [9.17, 15) is 0 Å². The van der Waals surface area contributed by atoms with Gasteiger partial charge in [0, 0.05) is 24.2 Å². The van der Waals surface area contributed by atoms with Gasteiger partial charge in [0.1, 0.15) is 0 Å². The fourth-order valence-electron chi connectivity index (χ4n) is 2.41. The summed E-state index contributed by atoms with van der Waals surface area (Å²) in [5.41, 5.74) is 2.45. The van der Waals surface area contributed by atoms with Crippen molar-refractivity contribution in [2.45, 2.75) is 52.2 Å². The second-order valence-corrected chi connectivity index (χ2v) is 6.31. The van der Waals surface area contributed by atoms with Crippen molar-refractivity contribution < 1.29 is 4.74 Å². The number of hydrogen-bond acceptors (Lipinski definition) is 3. The van der Waals surface area contributed by atoms with Crippen molar-refractivity contribution in [3.05, 3.63) is 24.0 Å². The first-order valence-corrected chi connectivity index (χ1v) is 6.73. The maximum atomic E-state index is 5.75. The van der Waals surface area contributed by atoms with Gasteiger partial charge >= 0.3 is 0 Å². The lowest BCUT2D eigenvalue weighted by atomic mass is 9.92. The van der Waals surface area contributed by atoms with Gasteiger partial charge in [-0.3, -0.25) is 4.98 Å². The molecule has 0 aromatic carbocycles. The van der Waals surface area contributed by atoms with Gasteiger partial charge in [-0.1, -0.05) is 20.8 Å². The van der Waals surface area contributed by atoms with Crippen molar-refractivity contribution in [3.63, 3.8) is 0 Å². The number of ether oxygens (including phenoxy) is 1. The lowest BCUT2D eigenvalue weighted by Gasteiger charge is -2.36. The Morgan fingerprint density at radius 2 is 1.78 bits per heavy atom. The van der Waals surface area contributed by atoms with Crippen molar-refractivity contribution in [2.24, 2.45) is 0 Å². The highest BCUT2D eigenvalue weighted by atomic mass is 16.5. The van der Waals surface area contributed by atoms with Crippen LogP contribution in [-0.2, 0) is 10.2 Å². The Morgan fingerprint density at radius 1 is 1.17 bits per heavy atom. The maximum absolute atomic E-state index is 5.75. The molecule has 0 bridgehead atoms. The van der Waals surface area contributed by atoms with Gasteiger partial charge in [0.2, 0.25) is 0 Å². The average Bonchev–Trinajstić information content (AvgIpc) is 2.27. The minimum absolute atomic E-state index is 0.115. The fraction of sp³-hybridized carbons (Fsp3) is 0.667. The van der Waals surface area contributed by atoms with Crippen LogP contribution >= 0.6 is 0 Å². The minimum atomic E-state index is 0.115. The number of nitrogens with zero attached hydrogens (tertiary/aromatic N) is 2. The highest BCUT2D eigenvalue weighted by molar-refractivity contribution is 5.45. The molecule has 2 heterocycles. The van der Waals surface area contributed by atoms with Crippen molar-refractivity contribution in [1.29, 1.82) is 0 Å². The number of rotatable bonds is 1. The molecule has 2 unspecified atom stereocenters. The van der Waals surface area contributed by atoms with Crippen LogP contribution in [0.5, 0.6) is 0 Å². The zero-order chi connectivity index (χ0) is 13.3. The maximum Gasteiger partial charge on any atom is 0.0726 e. The Bertz CT molecular complexity index is 384. The molecule has 3 heteroatoms. The van der Waals surface area contributed by atoms with E-state index in [0.29, 0.717) is 0 Å². The van der Waals surface area contributed by atoms with Gasteiger partial charge in [0.25, 0.3) is 0 Å². The molecule has 0 radical (unpaired) electrons. The van der Waals surface area contributed by atoms with Gasteiger partial charge in [0.15, 0.2) is 0 Å². The Kier molecular flexibility index (Phi) is 3.62. The molecule has 2 rings (SSSR count). The molecule has 18 heavy (non-hydrogen) atoms. The largest absolute Gasteiger partial charge is 0.372 e. The summed E-state index contributed by atoms with van der Waals surface area (Å²) in [5, 5.41) is 0. The molecule has 1 saturated heterocycles. The van der Waals surface area contributed by atoms with Crippen LogP contribution in [0.15, 0.2) is 18.3 Å². The summed E-state index contributed by atoms with van der Waals surface area (Å²) < 4.78 is 5.75.